The van der Waals surface area contributed by atoms with E-state index < -0.39 is 0 Å². The lowest BCUT2D eigenvalue weighted by Crippen LogP contribution is -2.04. The van der Waals surface area contributed by atoms with Crippen LogP contribution < -0.4 is 4.74 Å². The highest BCUT2D eigenvalue weighted by Crippen LogP contribution is 2.11. The third-order valence-corrected chi connectivity index (χ3v) is 3.14. The first-order valence-electron chi connectivity index (χ1n) is 6.62. The van der Waals surface area contributed by atoms with Gasteiger partial charge in [0, 0.05) is 10.0 Å². The smallest absolute Gasteiger partial charge is 0.213 e. The molecular weight excluding hydrogens is 380 g/mol. The molecule has 0 spiro atoms. The van der Waals surface area contributed by atoms with Crippen LogP contribution in [0.4, 0.5) is 0 Å². The molecule has 0 saturated heterocycles. The van der Waals surface area contributed by atoms with Crippen LogP contribution in [-0.4, -0.2) is 19.6 Å². The first kappa shape index (κ1) is 21.0. The Bertz CT molecular complexity index is 637. The average Bonchev–Trinajstić information content (AvgIpc) is 2.56. The van der Waals surface area contributed by atoms with Gasteiger partial charge in [-0.2, -0.15) is 5.26 Å². The van der Waals surface area contributed by atoms with Crippen LogP contribution in [0, 0.1) is 16.7 Å². The zero-order valence-corrected chi connectivity index (χ0v) is 15.3. The van der Waals surface area contributed by atoms with E-state index in [1.807, 2.05) is 37.3 Å². The molecule has 23 heavy (non-hydrogen) atoms. The predicted molar refractivity (Wildman–Crippen MR) is 97.6 cm³/mol. The van der Waals surface area contributed by atoms with Gasteiger partial charge in [-0.25, -0.2) is 0 Å². The maximum absolute atomic E-state index is 8.36. The van der Waals surface area contributed by atoms with E-state index in [9.17, 15) is 0 Å². The number of hydrogen-bond donors (Lipinski definition) is 1. The molecule has 0 aliphatic carbocycles. The molecule has 0 aliphatic heterocycles. The van der Waals surface area contributed by atoms with Gasteiger partial charge in [-0.15, -0.1) is 12.4 Å². The molecule has 2 aromatic carbocycles. The fraction of sp³-hybridized carbons (Fsp3) is 0.176. The van der Waals surface area contributed by atoms with E-state index in [0.717, 1.165) is 15.8 Å². The number of benzene rings is 2. The van der Waals surface area contributed by atoms with Crippen molar-refractivity contribution in [2.75, 3.05) is 13.7 Å². The Hall–Kier alpha value is -2.03. The van der Waals surface area contributed by atoms with Gasteiger partial charge in [0.2, 0.25) is 5.90 Å². The Balaban J connectivity index is 0.000000427. The van der Waals surface area contributed by atoms with Crippen LogP contribution in [0.5, 0.6) is 5.75 Å². The monoisotopic (exact) mass is 396 g/mol. The van der Waals surface area contributed by atoms with Gasteiger partial charge in [-0.3, -0.25) is 5.41 Å². The Morgan fingerprint density at radius 3 is 2.13 bits per heavy atom. The van der Waals surface area contributed by atoms with Gasteiger partial charge < -0.3 is 9.47 Å². The highest BCUT2D eigenvalue weighted by atomic mass is 79.9. The van der Waals surface area contributed by atoms with Crippen LogP contribution in [0.25, 0.3) is 0 Å². The molecule has 1 N–H and O–H groups in total. The van der Waals surface area contributed by atoms with E-state index in [-0.39, 0.29) is 18.3 Å². The molecule has 0 bridgehead atoms. The predicted octanol–water partition coefficient (Wildman–Crippen LogP) is 4.80. The molecule has 0 aromatic heterocycles. The van der Waals surface area contributed by atoms with Gasteiger partial charge in [0.25, 0.3) is 0 Å². The summed E-state index contributed by atoms with van der Waals surface area (Å²) in [5.41, 5.74) is 1.46. The summed E-state index contributed by atoms with van der Waals surface area (Å²) in [6, 6.07) is 16.5. The lowest BCUT2D eigenvalue weighted by molar-refractivity contribution is 0.325. The summed E-state index contributed by atoms with van der Waals surface area (Å²) in [6.07, 6.45) is 0. The summed E-state index contributed by atoms with van der Waals surface area (Å²) in [5.74, 6) is 0.984. The van der Waals surface area contributed by atoms with Crippen molar-refractivity contribution in [3.63, 3.8) is 0 Å². The first-order chi connectivity index (χ1) is 10.6. The van der Waals surface area contributed by atoms with Gasteiger partial charge >= 0.3 is 0 Å². The van der Waals surface area contributed by atoms with Crippen molar-refractivity contribution in [3.8, 4) is 11.8 Å². The van der Waals surface area contributed by atoms with E-state index >= 15 is 0 Å². The summed E-state index contributed by atoms with van der Waals surface area (Å²) in [7, 11) is 1.61. The Kier molecular flexibility index (Phi) is 10.5. The third kappa shape index (κ3) is 7.68. The lowest BCUT2D eigenvalue weighted by Gasteiger charge is -2.05. The number of nitriles is 1. The lowest BCUT2D eigenvalue weighted by atomic mass is 10.2. The Morgan fingerprint density at radius 1 is 1.13 bits per heavy atom. The molecule has 0 amide bonds. The quantitative estimate of drug-likeness (QED) is 0.597. The van der Waals surface area contributed by atoms with Gasteiger partial charge in [0.1, 0.15) is 5.75 Å². The normalized spacial score (nSPS) is 8.61. The topological polar surface area (TPSA) is 66.1 Å². The number of hydrogen-bond acceptors (Lipinski definition) is 4. The number of ether oxygens (including phenoxy) is 2. The Labute approximate surface area is 151 Å². The van der Waals surface area contributed by atoms with E-state index in [1.54, 1.807) is 31.4 Å². The van der Waals surface area contributed by atoms with Crippen molar-refractivity contribution < 1.29 is 9.47 Å². The number of rotatable bonds is 3. The average molecular weight is 398 g/mol. The summed E-state index contributed by atoms with van der Waals surface area (Å²) in [4.78, 5) is 0. The van der Waals surface area contributed by atoms with E-state index in [1.165, 1.54) is 0 Å². The van der Waals surface area contributed by atoms with Gasteiger partial charge in [-0.05, 0) is 55.5 Å². The first-order valence-corrected chi connectivity index (χ1v) is 7.41. The summed E-state index contributed by atoms with van der Waals surface area (Å²) < 4.78 is 11.0. The van der Waals surface area contributed by atoms with Gasteiger partial charge in [0.15, 0.2) is 0 Å². The molecule has 0 atom stereocenters. The van der Waals surface area contributed by atoms with Crippen LogP contribution in [0.2, 0.25) is 0 Å². The molecule has 6 heteroatoms. The number of nitrogens with one attached hydrogen (secondary N) is 1. The van der Waals surface area contributed by atoms with Crippen molar-refractivity contribution in [1.82, 2.24) is 0 Å². The molecular formula is C17H18BrClN2O2. The van der Waals surface area contributed by atoms with Crippen LogP contribution in [0.1, 0.15) is 18.1 Å². The second kappa shape index (κ2) is 11.5. The maximum atomic E-state index is 8.36. The molecule has 122 valence electrons. The molecule has 2 aromatic rings. The largest absolute Gasteiger partial charge is 0.497 e. The second-order valence-corrected chi connectivity index (χ2v) is 5.03. The molecule has 0 unspecified atom stereocenters. The molecule has 0 fully saturated rings. The van der Waals surface area contributed by atoms with Crippen LogP contribution in [0.15, 0.2) is 53.0 Å². The zero-order valence-electron chi connectivity index (χ0n) is 12.9. The van der Waals surface area contributed by atoms with E-state index in [2.05, 4.69) is 15.9 Å². The molecule has 0 radical (unpaired) electrons. The van der Waals surface area contributed by atoms with Crippen molar-refractivity contribution >= 4 is 34.2 Å². The highest BCUT2D eigenvalue weighted by molar-refractivity contribution is 9.10. The molecule has 0 saturated carbocycles. The Morgan fingerprint density at radius 2 is 1.70 bits per heavy atom. The highest BCUT2D eigenvalue weighted by Gasteiger charge is 2.00. The number of methoxy groups -OCH3 is 1. The van der Waals surface area contributed by atoms with Crippen molar-refractivity contribution in [3.05, 3.63) is 64.1 Å². The van der Waals surface area contributed by atoms with Crippen molar-refractivity contribution in [1.29, 1.82) is 10.7 Å². The van der Waals surface area contributed by atoms with Gasteiger partial charge in [-0.1, -0.05) is 15.9 Å². The third-order valence-electron chi connectivity index (χ3n) is 2.61. The van der Waals surface area contributed by atoms with Crippen LogP contribution >= 0.6 is 28.3 Å². The molecule has 4 nitrogen and oxygen atoms in total. The van der Waals surface area contributed by atoms with Crippen molar-refractivity contribution in [2.45, 2.75) is 6.92 Å². The van der Waals surface area contributed by atoms with Crippen LogP contribution in [-0.2, 0) is 4.74 Å². The standard InChI is InChI=1S/C10H13NO2.C7H4BrN.ClH/c1-3-13-10(11)8-4-6-9(12-2)7-5-8;8-7-3-1-6(5-9)2-4-7;/h4-7,11H,3H2,1-2H3;1-4H;1H. The van der Waals surface area contributed by atoms with Gasteiger partial charge in [0.05, 0.1) is 25.3 Å². The zero-order chi connectivity index (χ0) is 16.4. The molecule has 2 rings (SSSR count). The maximum Gasteiger partial charge on any atom is 0.213 e. The summed E-state index contributed by atoms with van der Waals surface area (Å²) >= 11 is 3.27. The van der Waals surface area contributed by atoms with E-state index in [0.29, 0.717) is 12.2 Å². The number of halogens is 2. The minimum Gasteiger partial charge on any atom is -0.497 e. The minimum absolute atomic E-state index is 0. The summed E-state index contributed by atoms with van der Waals surface area (Å²) in [6.45, 7) is 2.38. The molecule has 0 aliphatic rings. The minimum atomic E-state index is 0. The second-order valence-electron chi connectivity index (χ2n) is 4.11. The van der Waals surface area contributed by atoms with E-state index in [4.69, 9.17) is 20.1 Å². The fourth-order valence-electron chi connectivity index (χ4n) is 1.49. The molecule has 0 heterocycles. The van der Waals surface area contributed by atoms with Crippen molar-refractivity contribution in [2.24, 2.45) is 0 Å². The van der Waals surface area contributed by atoms with Crippen LogP contribution in [0.3, 0.4) is 0 Å². The fourth-order valence-corrected chi connectivity index (χ4v) is 1.76. The summed E-state index contributed by atoms with van der Waals surface area (Å²) in [5, 5.41) is 15.9. The SMILES string of the molecule is CCOC(=N)c1ccc(OC)cc1.Cl.N#Cc1ccc(Br)cc1. The number of nitrogens with zero attached hydrogens (tertiary/aromatic N) is 1.